The number of carbonyl (C=O) groups is 1. The molecule has 136 valence electrons. The molecule has 1 aromatic carbocycles. The molecule has 0 fully saturated rings. The smallest absolute Gasteiger partial charge is 0.310 e. The van der Waals surface area contributed by atoms with Crippen LogP contribution in [0.1, 0.15) is 11.3 Å². The molecule has 0 aliphatic rings. The molecule has 0 saturated carbocycles. The van der Waals surface area contributed by atoms with Crippen molar-refractivity contribution in [1.29, 1.82) is 0 Å². The van der Waals surface area contributed by atoms with E-state index in [9.17, 15) is 9.59 Å². The van der Waals surface area contributed by atoms with E-state index in [0.29, 0.717) is 23.9 Å². The Hall–Kier alpha value is -2.81. The normalized spacial score (nSPS) is 10.8. The maximum Gasteiger partial charge on any atom is 0.343 e. The molecule has 0 saturated heterocycles. The van der Waals surface area contributed by atoms with Crippen LogP contribution in [0.2, 0.25) is 0 Å². The summed E-state index contributed by atoms with van der Waals surface area (Å²) in [6, 6.07) is 11.7. The lowest BCUT2D eigenvalue weighted by Crippen LogP contribution is -2.20. The SMILES string of the molecule is Cc1cc(NC(=O)CSc2n[nH]c(=O)n2CCc2ccccc2)n(C)n1. The van der Waals surface area contributed by atoms with E-state index in [2.05, 4.69) is 20.6 Å². The van der Waals surface area contributed by atoms with Crippen LogP contribution in [0.25, 0.3) is 0 Å². The fourth-order valence-electron chi connectivity index (χ4n) is 2.53. The average Bonchev–Trinajstić information content (AvgIpc) is 3.13. The van der Waals surface area contributed by atoms with Gasteiger partial charge >= 0.3 is 5.69 Å². The van der Waals surface area contributed by atoms with Crippen LogP contribution >= 0.6 is 11.8 Å². The molecule has 0 spiro atoms. The molecule has 26 heavy (non-hydrogen) atoms. The second kappa shape index (κ2) is 8.05. The van der Waals surface area contributed by atoms with Gasteiger partial charge in [-0.1, -0.05) is 42.1 Å². The highest BCUT2D eigenvalue weighted by atomic mass is 32.2. The van der Waals surface area contributed by atoms with Gasteiger partial charge in [0.25, 0.3) is 0 Å². The predicted molar refractivity (Wildman–Crippen MR) is 100 cm³/mol. The van der Waals surface area contributed by atoms with Gasteiger partial charge in [0.2, 0.25) is 5.91 Å². The van der Waals surface area contributed by atoms with Gasteiger partial charge in [-0.15, -0.1) is 5.10 Å². The summed E-state index contributed by atoms with van der Waals surface area (Å²) >= 11 is 1.22. The van der Waals surface area contributed by atoms with Gasteiger partial charge in [0, 0.05) is 19.7 Å². The van der Waals surface area contributed by atoms with Gasteiger partial charge in [0.1, 0.15) is 5.82 Å². The number of nitrogens with one attached hydrogen (secondary N) is 2. The first-order valence-corrected chi connectivity index (χ1v) is 9.14. The molecule has 0 radical (unpaired) electrons. The molecule has 0 aliphatic heterocycles. The fourth-order valence-corrected chi connectivity index (χ4v) is 3.31. The van der Waals surface area contributed by atoms with Crippen LogP contribution < -0.4 is 11.0 Å². The van der Waals surface area contributed by atoms with E-state index < -0.39 is 0 Å². The van der Waals surface area contributed by atoms with Crippen molar-refractivity contribution in [3.63, 3.8) is 0 Å². The van der Waals surface area contributed by atoms with Gasteiger partial charge in [0.05, 0.1) is 11.4 Å². The van der Waals surface area contributed by atoms with Crippen molar-refractivity contribution >= 4 is 23.5 Å². The lowest BCUT2D eigenvalue weighted by Gasteiger charge is -2.07. The van der Waals surface area contributed by atoms with Crippen LogP contribution in [0.15, 0.2) is 46.3 Å². The van der Waals surface area contributed by atoms with Crippen LogP contribution in [0.3, 0.4) is 0 Å². The summed E-state index contributed by atoms with van der Waals surface area (Å²) < 4.78 is 3.17. The molecule has 2 heterocycles. The number of amides is 1. The number of rotatable bonds is 7. The summed E-state index contributed by atoms with van der Waals surface area (Å²) in [5.41, 5.74) is 1.70. The first-order valence-electron chi connectivity index (χ1n) is 8.15. The molecule has 0 atom stereocenters. The third-order valence-electron chi connectivity index (χ3n) is 3.79. The molecule has 1 amide bonds. The number of nitrogens with zero attached hydrogens (tertiary/aromatic N) is 4. The highest BCUT2D eigenvalue weighted by Crippen LogP contribution is 2.15. The Morgan fingerprint density at radius 3 is 2.77 bits per heavy atom. The molecule has 2 N–H and O–H groups in total. The van der Waals surface area contributed by atoms with Crippen molar-refractivity contribution in [1.82, 2.24) is 24.5 Å². The maximum atomic E-state index is 12.1. The molecule has 3 rings (SSSR count). The Morgan fingerprint density at radius 1 is 1.31 bits per heavy atom. The molecular formula is C17H20N6O2S. The molecule has 2 aromatic heterocycles. The van der Waals surface area contributed by atoms with Crippen LogP contribution in [-0.4, -0.2) is 36.2 Å². The Balaban J connectivity index is 1.59. The van der Waals surface area contributed by atoms with Crippen molar-refractivity contribution in [3.8, 4) is 0 Å². The van der Waals surface area contributed by atoms with Gasteiger partial charge in [-0.25, -0.2) is 9.89 Å². The van der Waals surface area contributed by atoms with Crippen molar-refractivity contribution < 1.29 is 4.79 Å². The number of aromatic amines is 1. The monoisotopic (exact) mass is 372 g/mol. The highest BCUT2D eigenvalue weighted by molar-refractivity contribution is 7.99. The van der Waals surface area contributed by atoms with E-state index in [4.69, 9.17) is 0 Å². The maximum absolute atomic E-state index is 12.1. The lowest BCUT2D eigenvalue weighted by atomic mass is 10.1. The van der Waals surface area contributed by atoms with E-state index in [-0.39, 0.29) is 17.3 Å². The minimum absolute atomic E-state index is 0.153. The first kappa shape index (κ1) is 18.0. The van der Waals surface area contributed by atoms with Gasteiger partial charge in [-0.05, 0) is 18.9 Å². The average molecular weight is 372 g/mol. The highest BCUT2D eigenvalue weighted by Gasteiger charge is 2.13. The fraction of sp³-hybridized carbons (Fsp3) is 0.294. The number of benzene rings is 1. The van der Waals surface area contributed by atoms with Gasteiger partial charge in [-0.2, -0.15) is 5.10 Å². The minimum atomic E-state index is -0.272. The predicted octanol–water partition coefficient (Wildman–Crippen LogP) is 1.59. The number of thioether (sulfide) groups is 1. The van der Waals surface area contributed by atoms with Crippen molar-refractivity contribution in [3.05, 3.63) is 58.1 Å². The van der Waals surface area contributed by atoms with Crippen molar-refractivity contribution in [2.75, 3.05) is 11.1 Å². The van der Waals surface area contributed by atoms with Crippen LogP contribution in [0.4, 0.5) is 5.82 Å². The summed E-state index contributed by atoms with van der Waals surface area (Å²) in [7, 11) is 1.77. The molecular weight excluding hydrogens is 352 g/mol. The largest absolute Gasteiger partial charge is 0.343 e. The molecule has 0 unspecified atom stereocenters. The Morgan fingerprint density at radius 2 is 2.08 bits per heavy atom. The first-order chi connectivity index (χ1) is 12.5. The standard InChI is InChI=1S/C17H20N6O2S/c1-12-10-14(22(2)21-12)18-15(24)11-26-17-20-19-16(25)23(17)9-8-13-6-4-3-5-7-13/h3-7,10H,8-9,11H2,1-2H3,(H,18,24)(H,19,25). The summed E-state index contributed by atoms with van der Waals surface area (Å²) in [5, 5.41) is 14.0. The Kier molecular flexibility index (Phi) is 5.57. The summed E-state index contributed by atoms with van der Waals surface area (Å²) in [6.45, 7) is 2.36. The Labute approximate surface area is 154 Å². The summed E-state index contributed by atoms with van der Waals surface area (Å²) in [4.78, 5) is 24.1. The van der Waals surface area contributed by atoms with Crippen LogP contribution in [0, 0.1) is 6.92 Å². The zero-order chi connectivity index (χ0) is 18.5. The van der Waals surface area contributed by atoms with E-state index in [1.54, 1.807) is 22.4 Å². The number of H-pyrrole nitrogens is 1. The number of hydrogen-bond donors (Lipinski definition) is 2. The van der Waals surface area contributed by atoms with Gasteiger partial charge < -0.3 is 5.32 Å². The van der Waals surface area contributed by atoms with Crippen LogP contribution in [0.5, 0.6) is 0 Å². The minimum Gasteiger partial charge on any atom is -0.310 e. The zero-order valence-corrected chi connectivity index (χ0v) is 15.4. The van der Waals surface area contributed by atoms with Gasteiger partial charge in [-0.3, -0.25) is 14.0 Å². The van der Waals surface area contributed by atoms with E-state index >= 15 is 0 Å². The number of carbonyl (C=O) groups excluding carboxylic acids is 1. The number of hydrogen-bond acceptors (Lipinski definition) is 5. The van der Waals surface area contributed by atoms with Crippen molar-refractivity contribution in [2.45, 2.75) is 25.0 Å². The van der Waals surface area contributed by atoms with Gasteiger partial charge in [0.15, 0.2) is 5.16 Å². The van der Waals surface area contributed by atoms with Crippen LogP contribution in [-0.2, 0) is 24.8 Å². The molecule has 0 aliphatic carbocycles. The Bertz CT molecular complexity index is 944. The number of anilines is 1. The van der Waals surface area contributed by atoms with E-state index in [1.807, 2.05) is 37.3 Å². The third-order valence-corrected chi connectivity index (χ3v) is 4.77. The topological polar surface area (TPSA) is 97.6 Å². The lowest BCUT2D eigenvalue weighted by molar-refractivity contribution is -0.113. The van der Waals surface area contributed by atoms with E-state index in [0.717, 1.165) is 11.3 Å². The van der Waals surface area contributed by atoms with E-state index in [1.165, 1.54) is 11.8 Å². The van der Waals surface area contributed by atoms with Crippen molar-refractivity contribution in [2.24, 2.45) is 7.05 Å². The zero-order valence-electron chi connectivity index (χ0n) is 14.6. The quantitative estimate of drug-likeness (QED) is 0.614. The third kappa shape index (κ3) is 4.42. The number of aryl methyl sites for hydroxylation is 3. The summed E-state index contributed by atoms with van der Waals surface area (Å²) in [6.07, 6.45) is 0.717. The second-order valence-electron chi connectivity index (χ2n) is 5.83. The molecule has 9 heteroatoms. The molecule has 0 bridgehead atoms. The second-order valence-corrected chi connectivity index (χ2v) is 6.77. The molecule has 8 nitrogen and oxygen atoms in total. The molecule has 3 aromatic rings. The summed E-state index contributed by atoms with van der Waals surface area (Å²) in [5.74, 6) is 0.611. The number of aromatic nitrogens is 5.